The second-order valence-corrected chi connectivity index (χ2v) is 12.4. The molecule has 40 heavy (non-hydrogen) atoms. The molecule has 2 heterocycles. The van der Waals surface area contributed by atoms with Gasteiger partial charge in [0.15, 0.2) is 10.1 Å². The van der Waals surface area contributed by atoms with Gasteiger partial charge in [-0.3, -0.25) is 14.5 Å². The number of aryl methyl sites for hydroxylation is 1. The van der Waals surface area contributed by atoms with Crippen molar-refractivity contribution < 1.29 is 9.59 Å². The predicted molar refractivity (Wildman–Crippen MR) is 160 cm³/mol. The van der Waals surface area contributed by atoms with Crippen LogP contribution in [0, 0.1) is 25.2 Å². The summed E-state index contributed by atoms with van der Waals surface area (Å²) in [4.78, 5) is 27.6. The highest BCUT2D eigenvalue weighted by Crippen LogP contribution is 2.48. The number of carbonyl (C=O) groups is 2. The first kappa shape index (κ1) is 28.2. The Kier molecular flexibility index (Phi) is 8.19. The molecule has 0 spiro atoms. The van der Waals surface area contributed by atoms with Gasteiger partial charge >= 0.3 is 0 Å². The Morgan fingerprint density at radius 3 is 2.80 bits per heavy atom. The average Bonchev–Trinajstić information content (AvgIpc) is 3.38. The summed E-state index contributed by atoms with van der Waals surface area (Å²) in [5.41, 5.74) is 11.5. The number of nitriles is 1. The fraction of sp³-hybridized carbons (Fsp3) is 0.250. The zero-order valence-electron chi connectivity index (χ0n) is 21.6. The maximum absolute atomic E-state index is 13.3. The topological polar surface area (TPSA) is 125 Å². The Morgan fingerprint density at radius 2 is 2.05 bits per heavy atom. The van der Waals surface area contributed by atoms with Crippen LogP contribution in [0.4, 0.5) is 10.8 Å². The lowest BCUT2D eigenvalue weighted by molar-refractivity contribution is -0.116. The van der Waals surface area contributed by atoms with E-state index < -0.39 is 5.92 Å². The number of nitrogens with two attached hydrogens (primary N) is 1. The summed E-state index contributed by atoms with van der Waals surface area (Å²) in [5.74, 6) is -0.619. The number of carbonyl (C=O) groups excluding carboxylic acids is 2. The van der Waals surface area contributed by atoms with E-state index >= 15 is 0 Å². The smallest absolute Gasteiger partial charge is 0.234 e. The minimum atomic E-state index is -0.704. The standard InChI is InChI=1S/C28H24Cl2N6O2S2/c1-14-5-3-6-20(15(14)2)33-23(38)13-39-28-35-34-27(40-28)36-21-7-4-8-22(37)25(21)24(18(12-31)26(36)32)17-10-9-16(29)11-19(17)30/h3,5-6,9-11,24H,4,7-8,13,32H2,1-2H3,(H,33,38). The molecule has 0 saturated heterocycles. The highest BCUT2D eigenvalue weighted by molar-refractivity contribution is 8.01. The number of ketones is 1. The van der Waals surface area contributed by atoms with Crippen LogP contribution < -0.4 is 16.0 Å². The summed E-state index contributed by atoms with van der Waals surface area (Å²) in [5, 5.41) is 22.9. The average molecular weight is 612 g/mol. The molecular weight excluding hydrogens is 587 g/mol. The molecule has 0 radical (unpaired) electrons. The molecule has 2 aromatic carbocycles. The summed E-state index contributed by atoms with van der Waals surface area (Å²) in [6.07, 6.45) is 1.58. The van der Waals surface area contributed by atoms with Gasteiger partial charge in [0, 0.05) is 33.4 Å². The number of amides is 1. The summed E-state index contributed by atoms with van der Waals surface area (Å²) >= 11 is 15.1. The van der Waals surface area contributed by atoms with Crippen LogP contribution in [0.2, 0.25) is 10.0 Å². The van der Waals surface area contributed by atoms with Crippen LogP contribution in [0.25, 0.3) is 0 Å². The van der Waals surface area contributed by atoms with E-state index in [1.54, 1.807) is 23.1 Å². The number of hydrogen-bond donors (Lipinski definition) is 2. The molecule has 1 atom stereocenters. The van der Waals surface area contributed by atoms with Crippen molar-refractivity contribution in [1.82, 2.24) is 10.2 Å². The van der Waals surface area contributed by atoms with Crippen molar-refractivity contribution >= 4 is 68.8 Å². The number of aromatic nitrogens is 2. The second kappa shape index (κ2) is 11.6. The molecule has 8 nitrogen and oxygen atoms in total. The molecule has 0 bridgehead atoms. The number of rotatable bonds is 6. The van der Waals surface area contributed by atoms with Crippen LogP contribution in [-0.4, -0.2) is 27.6 Å². The molecule has 204 valence electrons. The van der Waals surface area contributed by atoms with E-state index in [1.807, 2.05) is 32.0 Å². The first-order valence-electron chi connectivity index (χ1n) is 12.4. The number of benzene rings is 2. The monoisotopic (exact) mass is 610 g/mol. The molecule has 1 unspecified atom stereocenters. The van der Waals surface area contributed by atoms with E-state index in [0.29, 0.717) is 55.6 Å². The molecule has 3 aromatic rings. The predicted octanol–water partition coefficient (Wildman–Crippen LogP) is 6.50. The summed E-state index contributed by atoms with van der Waals surface area (Å²) in [6, 6.07) is 13.0. The van der Waals surface area contributed by atoms with Crippen molar-refractivity contribution in [2.75, 3.05) is 16.0 Å². The SMILES string of the molecule is Cc1cccc(NC(=O)CSc2nnc(N3C(N)=C(C#N)C(c4ccc(Cl)cc4Cl)C4=C3CCCC4=O)s2)c1C. The van der Waals surface area contributed by atoms with E-state index in [0.717, 1.165) is 16.8 Å². The molecule has 1 aliphatic heterocycles. The molecule has 0 saturated carbocycles. The van der Waals surface area contributed by atoms with Gasteiger partial charge in [0.1, 0.15) is 5.82 Å². The van der Waals surface area contributed by atoms with Gasteiger partial charge in [-0.15, -0.1) is 10.2 Å². The third-order valence-corrected chi connectivity index (χ3v) is 9.58. The van der Waals surface area contributed by atoms with Gasteiger partial charge in [-0.25, -0.2) is 0 Å². The summed E-state index contributed by atoms with van der Waals surface area (Å²) < 4.78 is 0.560. The van der Waals surface area contributed by atoms with Crippen LogP contribution in [0.15, 0.2) is 63.4 Å². The van der Waals surface area contributed by atoms with Crippen LogP contribution in [0.3, 0.4) is 0 Å². The number of allylic oxidation sites excluding steroid dienone is 3. The number of nitrogens with zero attached hydrogens (tertiary/aromatic N) is 4. The summed E-state index contributed by atoms with van der Waals surface area (Å²) in [7, 11) is 0. The van der Waals surface area contributed by atoms with Gasteiger partial charge in [-0.05, 0) is 61.6 Å². The Hall–Kier alpha value is -3.36. The van der Waals surface area contributed by atoms with Crippen molar-refractivity contribution in [2.24, 2.45) is 5.73 Å². The molecular formula is C28H24Cl2N6O2S2. The van der Waals surface area contributed by atoms with E-state index in [2.05, 4.69) is 21.6 Å². The fourth-order valence-electron chi connectivity index (χ4n) is 4.90. The van der Waals surface area contributed by atoms with Crippen molar-refractivity contribution in [3.8, 4) is 6.07 Å². The maximum atomic E-state index is 13.3. The van der Waals surface area contributed by atoms with E-state index in [4.69, 9.17) is 28.9 Å². The molecule has 1 amide bonds. The minimum absolute atomic E-state index is 0.0651. The number of anilines is 2. The van der Waals surface area contributed by atoms with Gasteiger partial charge < -0.3 is 11.1 Å². The van der Waals surface area contributed by atoms with Gasteiger partial charge in [0.2, 0.25) is 11.0 Å². The second-order valence-electron chi connectivity index (χ2n) is 9.42. The molecule has 5 rings (SSSR count). The van der Waals surface area contributed by atoms with Gasteiger partial charge in [-0.2, -0.15) is 5.26 Å². The van der Waals surface area contributed by atoms with Crippen molar-refractivity contribution in [3.63, 3.8) is 0 Å². The summed E-state index contributed by atoms with van der Waals surface area (Å²) in [6.45, 7) is 3.96. The molecule has 1 aromatic heterocycles. The van der Waals surface area contributed by atoms with Crippen LogP contribution in [-0.2, 0) is 9.59 Å². The van der Waals surface area contributed by atoms with E-state index in [-0.39, 0.29) is 28.8 Å². The van der Waals surface area contributed by atoms with Gasteiger partial charge in [-0.1, -0.05) is 64.5 Å². The quantitative estimate of drug-likeness (QED) is 0.303. The zero-order chi connectivity index (χ0) is 28.6. The largest absolute Gasteiger partial charge is 0.384 e. The normalized spacial score (nSPS) is 17.1. The Bertz CT molecular complexity index is 1640. The van der Waals surface area contributed by atoms with E-state index in [9.17, 15) is 14.9 Å². The fourth-order valence-corrected chi connectivity index (χ4v) is 7.10. The highest BCUT2D eigenvalue weighted by atomic mass is 35.5. The van der Waals surface area contributed by atoms with Gasteiger partial charge in [0.05, 0.1) is 23.3 Å². The Labute approximate surface area is 249 Å². The van der Waals surface area contributed by atoms with E-state index in [1.165, 1.54) is 23.1 Å². The van der Waals surface area contributed by atoms with Crippen molar-refractivity contribution in [2.45, 2.75) is 43.4 Å². The third kappa shape index (κ3) is 5.34. The molecule has 2 aliphatic rings. The first-order valence-corrected chi connectivity index (χ1v) is 15.0. The Balaban J connectivity index is 1.43. The zero-order valence-corrected chi connectivity index (χ0v) is 24.8. The number of Topliss-reactive ketones (excluding diaryl/α,β-unsaturated/α-hetero) is 1. The van der Waals surface area contributed by atoms with Gasteiger partial charge in [0.25, 0.3) is 0 Å². The van der Waals surface area contributed by atoms with Crippen LogP contribution in [0.1, 0.15) is 41.9 Å². The number of hydrogen-bond acceptors (Lipinski definition) is 9. The third-order valence-electron chi connectivity index (χ3n) is 6.98. The Morgan fingerprint density at radius 1 is 1.25 bits per heavy atom. The van der Waals surface area contributed by atoms with Crippen LogP contribution in [0.5, 0.6) is 0 Å². The number of thioether (sulfide) groups is 1. The maximum Gasteiger partial charge on any atom is 0.234 e. The lowest BCUT2D eigenvalue weighted by Gasteiger charge is -2.38. The van der Waals surface area contributed by atoms with Crippen molar-refractivity contribution in [3.05, 3.63) is 85.8 Å². The lowest BCUT2D eigenvalue weighted by atomic mass is 9.76. The highest BCUT2D eigenvalue weighted by Gasteiger charge is 2.42. The molecule has 1 aliphatic carbocycles. The lowest BCUT2D eigenvalue weighted by Crippen LogP contribution is -2.38. The van der Waals surface area contributed by atoms with Crippen LogP contribution >= 0.6 is 46.3 Å². The van der Waals surface area contributed by atoms with Crippen molar-refractivity contribution in [1.29, 1.82) is 5.26 Å². The molecule has 3 N–H and O–H groups in total. The minimum Gasteiger partial charge on any atom is -0.384 e. The number of nitrogens with one attached hydrogen (secondary N) is 1. The molecule has 12 heteroatoms. The first-order chi connectivity index (χ1) is 19.2. The number of halogens is 2. The molecule has 0 fully saturated rings.